The van der Waals surface area contributed by atoms with Crippen molar-refractivity contribution >= 4 is 23.4 Å². The minimum Gasteiger partial charge on any atom is -0.494 e. The summed E-state index contributed by atoms with van der Waals surface area (Å²) in [5.74, 6) is 1.44. The molecule has 2 aromatic heterocycles. The minimum absolute atomic E-state index is 0.121. The molecule has 4 rings (SSSR count). The van der Waals surface area contributed by atoms with Gasteiger partial charge in [-0.25, -0.2) is 9.37 Å². The van der Waals surface area contributed by atoms with Crippen molar-refractivity contribution in [3.8, 4) is 5.75 Å². The lowest BCUT2D eigenvalue weighted by Gasteiger charge is -2.35. The fourth-order valence-corrected chi connectivity index (χ4v) is 3.42. The van der Waals surface area contributed by atoms with Crippen LogP contribution in [0.15, 0.2) is 48.7 Å². The molecule has 31 heavy (non-hydrogen) atoms. The number of benzene rings is 1. The first kappa shape index (κ1) is 20.5. The van der Waals surface area contributed by atoms with Crippen LogP contribution < -0.4 is 15.0 Å². The number of methoxy groups -OCH3 is 1. The molecule has 1 N–H and O–H groups in total. The van der Waals surface area contributed by atoms with Gasteiger partial charge in [-0.05, 0) is 55.0 Å². The summed E-state index contributed by atoms with van der Waals surface area (Å²) in [6.45, 7) is 4.26. The number of nitrogens with zero attached hydrogens (tertiary/aromatic N) is 5. The Bertz CT molecular complexity index is 1070. The van der Waals surface area contributed by atoms with Crippen molar-refractivity contribution in [3.63, 3.8) is 0 Å². The molecule has 0 bridgehead atoms. The van der Waals surface area contributed by atoms with Crippen LogP contribution in [0.3, 0.4) is 0 Å². The van der Waals surface area contributed by atoms with E-state index in [0.717, 1.165) is 11.4 Å². The Morgan fingerprint density at radius 1 is 1.03 bits per heavy atom. The molecule has 1 aromatic carbocycles. The predicted octanol–water partition coefficient (Wildman–Crippen LogP) is 3.03. The van der Waals surface area contributed by atoms with Gasteiger partial charge in [0, 0.05) is 37.9 Å². The molecule has 0 unspecified atom stereocenters. The number of nitrogens with one attached hydrogen (secondary N) is 1. The fraction of sp³-hybridized carbons (Fsp3) is 0.273. The van der Waals surface area contributed by atoms with Gasteiger partial charge in [0.1, 0.15) is 5.82 Å². The van der Waals surface area contributed by atoms with E-state index in [1.165, 1.54) is 19.2 Å². The van der Waals surface area contributed by atoms with E-state index in [1.54, 1.807) is 17.2 Å². The normalized spacial score (nSPS) is 13.8. The molecular weight excluding hydrogens is 399 g/mol. The van der Waals surface area contributed by atoms with Gasteiger partial charge in [0.2, 0.25) is 0 Å². The van der Waals surface area contributed by atoms with E-state index in [1.807, 2.05) is 31.2 Å². The maximum Gasteiger partial charge on any atom is 0.254 e. The average Bonchev–Trinajstić information content (AvgIpc) is 2.79. The van der Waals surface area contributed by atoms with Crippen LogP contribution in [0, 0.1) is 12.7 Å². The third kappa shape index (κ3) is 4.71. The molecule has 0 aliphatic carbocycles. The summed E-state index contributed by atoms with van der Waals surface area (Å²) in [6.07, 6.45) is 1.74. The molecule has 0 radical (unpaired) electrons. The molecule has 3 aromatic rings. The number of carbonyl (C=O) groups is 1. The molecule has 1 aliphatic rings. The number of hydrogen-bond acceptors (Lipinski definition) is 7. The number of halogens is 1. The molecule has 8 nitrogen and oxygen atoms in total. The number of amides is 1. The summed E-state index contributed by atoms with van der Waals surface area (Å²) in [5.41, 5.74) is 1.42. The van der Waals surface area contributed by atoms with E-state index in [4.69, 9.17) is 4.74 Å². The van der Waals surface area contributed by atoms with E-state index < -0.39 is 5.82 Å². The van der Waals surface area contributed by atoms with Gasteiger partial charge in [0.05, 0.1) is 7.11 Å². The van der Waals surface area contributed by atoms with Crippen molar-refractivity contribution in [1.29, 1.82) is 0 Å². The third-order valence-corrected chi connectivity index (χ3v) is 5.11. The zero-order chi connectivity index (χ0) is 21.8. The first-order chi connectivity index (χ1) is 15.0. The SMILES string of the molecule is COc1ccc(C(=O)N2CCN(c3ccc(Nc4cc(C)ccn4)nn3)CC2)cc1F. The van der Waals surface area contributed by atoms with Gasteiger partial charge in [-0.1, -0.05) is 0 Å². The summed E-state index contributed by atoms with van der Waals surface area (Å²) in [5, 5.41) is 11.7. The molecule has 1 aliphatic heterocycles. The topological polar surface area (TPSA) is 83.5 Å². The van der Waals surface area contributed by atoms with Crippen LogP contribution >= 0.6 is 0 Å². The van der Waals surface area contributed by atoms with Crippen LogP contribution in [0.4, 0.5) is 21.8 Å². The number of carbonyl (C=O) groups excluding carboxylic acids is 1. The highest BCUT2D eigenvalue weighted by atomic mass is 19.1. The maximum atomic E-state index is 13.9. The van der Waals surface area contributed by atoms with E-state index in [9.17, 15) is 9.18 Å². The van der Waals surface area contributed by atoms with Crippen LogP contribution in [0.5, 0.6) is 5.75 Å². The summed E-state index contributed by atoms with van der Waals surface area (Å²) < 4.78 is 18.8. The van der Waals surface area contributed by atoms with Crippen molar-refractivity contribution in [2.45, 2.75) is 6.92 Å². The Morgan fingerprint density at radius 3 is 2.48 bits per heavy atom. The van der Waals surface area contributed by atoms with Crippen molar-refractivity contribution < 1.29 is 13.9 Å². The van der Waals surface area contributed by atoms with Gasteiger partial charge in [-0.2, -0.15) is 0 Å². The van der Waals surface area contributed by atoms with Gasteiger partial charge in [-0.15, -0.1) is 10.2 Å². The Balaban J connectivity index is 1.35. The zero-order valence-electron chi connectivity index (χ0n) is 17.4. The summed E-state index contributed by atoms with van der Waals surface area (Å²) in [7, 11) is 1.39. The highest BCUT2D eigenvalue weighted by molar-refractivity contribution is 5.94. The fourth-order valence-electron chi connectivity index (χ4n) is 3.42. The predicted molar refractivity (Wildman–Crippen MR) is 115 cm³/mol. The first-order valence-electron chi connectivity index (χ1n) is 9.94. The van der Waals surface area contributed by atoms with Gasteiger partial charge in [0.25, 0.3) is 5.91 Å². The van der Waals surface area contributed by atoms with E-state index in [2.05, 4.69) is 25.4 Å². The van der Waals surface area contributed by atoms with Crippen LogP contribution in [0.2, 0.25) is 0 Å². The summed E-state index contributed by atoms with van der Waals surface area (Å²) in [6, 6.07) is 11.9. The van der Waals surface area contributed by atoms with E-state index in [-0.39, 0.29) is 11.7 Å². The molecule has 160 valence electrons. The van der Waals surface area contributed by atoms with Gasteiger partial charge < -0.3 is 19.9 Å². The second-order valence-corrected chi connectivity index (χ2v) is 7.25. The Morgan fingerprint density at radius 2 is 1.84 bits per heavy atom. The monoisotopic (exact) mass is 422 g/mol. The number of aryl methyl sites for hydroxylation is 1. The Kier molecular flexibility index (Phi) is 5.92. The lowest BCUT2D eigenvalue weighted by Crippen LogP contribution is -2.49. The lowest BCUT2D eigenvalue weighted by molar-refractivity contribution is 0.0746. The van der Waals surface area contributed by atoms with Crippen LogP contribution in [-0.2, 0) is 0 Å². The maximum absolute atomic E-state index is 13.9. The second kappa shape index (κ2) is 8.95. The van der Waals surface area contributed by atoms with Crippen molar-refractivity contribution in [1.82, 2.24) is 20.1 Å². The average molecular weight is 422 g/mol. The minimum atomic E-state index is -0.545. The van der Waals surface area contributed by atoms with Crippen LogP contribution in [-0.4, -0.2) is 59.3 Å². The smallest absolute Gasteiger partial charge is 0.254 e. The molecule has 0 atom stereocenters. The Labute approximate surface area is 179 Å². The Hall–Kier alpha value is -3.75. The van der Waals surface area contributed by atoms with Gasteiger partial charge >= 0.3 is 0 Å². The molecule has 3 heterocycles. The summed E-state index contributed by atoms with van der Waals surface area (Å²) >= 11 is 0. The molecule has 1 saturated heterocycles. The number of piperazine rings is 1. The molecule has 9 heteroatoms. The number of hydrogen-bond donors (Lipinski definition) is 1. The largest absolute Gasteiger partial charge is 0.494 e. The van der Waals surface area contributed by atoms with Crippen molar-refractivity contribution in [2.24, 2.45) is 0 Å². The van der Waals surface area contributed by atoms with Crippen LogP contribution in [0.25, 0.3) is 0 Å². The number of anilines is 3. The molecule has 1 amide bonds. The molecule has 1 fully saturated rings. The molecule has 0 spiro atoms. The van der Waals surface area contributed by atoms with Gasteiger partial charge in [0.15, 0.2) is 23.2 Å². The van der Waals surface area contributed by atoms with Crippen LogP contribution in [0.1, 0.15) is 15.9 Å². The number of rotatable bonds is 5. The zero-order valence-corrected chi connectivity index (χ0v) is 17.4. The number of aromatic nitrogens is 3. The third-order valence-electron chi connectivity index (χ3n) is 5.11. The molecule has 0 saturated carbocycles. The van der Waals surface area contributed by atoms with Crippen molar-refractivity contribution in [2.75, 3.05) is 43.5 Å². The van der Waals surface area contributed by atoms with Gasteiger partial charge in [-0.3, -0.25) is 4.79 Å². The quantitative estimate of drug-likeness (QED) is 0.677. The van der Waals surface area contributed by atoms with E-state index in [0.29, 0.717) is 43.4 Å². The highest BCUT2D eigenvalue weighted by Crippen LogP contribution is 2.21. The van der Waals surface area contributed by atoms with E-state index >= 15 is 0 Å². The highest BCUT2D eigenvalue weighted by Gasteiger charge is 2.24. The number of ether oxygens (including phenoxy) is 1. The summed E-state index contributed by atoms with van der Waals surface area (Å²) in [4.78, 5) is 20.7. The molecular formula is C22H23FN6O2. The number of pyridine rings is 1. The van der Waals surface area contributed by atoms with Crippen molar-refractivity contribution in [3.05, 3.63) is 65.6 Å². The lowest BCUT2D eigenvalue weighted by atomic mass is 10.1. The second-order valence-electron chi connectivity index (χ2n) is 7.25. The first-order valence-corrected chi connectivity index (χ1v) is 9.94. The standard InChI is InChI=1S/C22H23FN6O2/c1-15-7-8-24-20(13-15)25-19-5-6-21(27-26-19)28-9-11-29(12-10-28)22(30)16-3-4-18(31-2)17(23)14-16/h3-8,13-14H,9-12H2,1-2H3,(H,24,25,26).